The van der Waals surface area contributed by atoms with Crippen molar-refractivity contribution in [2.45, 2.75) is 64.5 Å². The smallest absolute Gasteiger partial charge is 0.0787 e. The zero-order valence-electron chi connectivity index (χ0n) is 11.1. The number of nitrogens with one attached hydrogen (secondary N) is 1. The molecule has 1 aliphatic heterocycles. The molecule has 4 heteroatoms. The molecule has 0 amide bonds. The van der Waals surface area contributed by atoms with Crippen LogP contribution in [0.3, 0.4) is 0 Å². The van der Waals surface area contributed by atoms with Crippen molar-refractivity contribution in [1.29, 1.82) is 0 Å². The van der Waals surface area contributed by atoms with Crippen molar-refractivity contribution in [2.24, 2.45) is 0 Å². The maximum Gasteiger partial charge on any atom is 0.0787 e. The van der Waals surface area contributed by atoms with Gasteiger partial charge in [-0.3, -0.25) is 0 Å². The molecule has 0 bridgehead atoms. The van der Waals surface area contributed by atoms with Crippen LogP contribution in [0.25, 0.3) is 0 Å². The minimum atomic E-state index is 0.106. The zero-order valence-corrected chi connectivity index (χ0v) is 11.1. The zero-order chi connectivity index (χ0) is 12.1. The second-order valence-corrected chi connectivity index (χ2v) is 5.02. The molecule has 0 aliphatic carbocycles. The molecule has 1 saturated heterocycles. The Labute approximate surface area is 104 Å². The summed E-state index contributed by atoms with van der Waals surface area (Å²) in [6.07, 6.45) is 9.32. The van der Waals surface area contributed by atoms with Crippen LogP contribution in [0.2, 0.25) is 0 Å². The number of hydrogen-bond acceptors (Lipinski definition) is 3. The van der Waals surface area contributed by atoms with Crippen LogP contribution in [-0.4, -0.2) is 21.5 Å². The fraction of sp³-hybridized carbons (Fsp3) is 0.846. The van der Waals surface area contributed by atoms with Crippen LogP contribution in [0.15, 0.2) is 6.20 Å². The second kappa shape index (κ2) is 5.63. The molecule has 1 atom stereocenters. The summed E-state index contributed by atoms with van der Waals surface area (Å²) in [6.45, 7) is 6.54. The average molecular weight is 236 g/mol. The summed E-state index contributed by atoms with van der Waals surface area (Å²) >= 11 is 0. The fourth-order valence-electron chi connectivity index (χ4n) is 2.85. The number of nitrogens with zero attached hydrogens (tertiary/aromatic N) is 3. The molecule has 4 nitrogen and oxygen atoms in total. The van der Waals surface area contributed by atoms with Gasteiger partial charge < -0.3 is 5.32 Å². The second-order valence-electron chi connectivity index (χ2n) is 5.02. The van der Waals surface area contributed by atoms with Gasteiger partial charge in [0.05, 0.1) is 17.4 Å². The van der Waals surface area contributed by atoms with Crippen molar-refractivity contribution < 1.29 is 0 Å². The highest BCUT2D eigenvalue weighted by molar-refractivity contribution is 5.12. The van der Waals surface area contributed by atoms with E-state index in [1.165, 1.54) is 31.4 Å². The van der Waals surface area contributed by atoms with Gasteiger partial charge in [0.1, 0.15) is 0 Å². The highest BCUT2D eigenvalue weighted by atomic mass is 15.4. The average Bonchev–Trinajstić information content (AvgIpc) is 2.68. The normalized spacial score (nSPS) is 25.8. The minimum Gasteiger partial charge on any atom is -0.306 e. The first-order valence-corrected chi connectivity index (χ1v) is 6.96. The third kappa shape index (κ3) is 2.51. The lowest BCUT2D eigenvalue weighted by atomic mass is 9.87. The van der Waals surface area contributed by atoms with E-state index in [1.54, 1.807) is 0 Å². The van der Waals surface area contributed by atoms with E-state index < -0.39 is 0 Å². The van der Waals surface area contributed by atoms with Crippen LogP contribution in [0.1, 0.15) is 58.1 Å². The first-order chi connectivity index (χ1) is 8.32. The summed E-state index contributed by atoms with van der Waals surface area (Å²) in [7, 11) is 0. The van der Waals surface area contributed by atoms with Gasteiger partial charge in [-0.25, -0.2) is 4.68 Å². The van der Waals surface area contributed by atoms with Crippen LogP contribution in [0, 0.1) is 0 Å². The third-order valence-electron chi connectivity index (χ3n) is 3.89. The standard InChI is InChI=1S/C13H24N4/c1-3-10-17-12(11-15-16-17)13(4-2)8-6-5-7-9-14-13/h11,14H,3-10H2,1-2H3. The van der Waals surface area contributed by atoms with Gasteiger partial charge in [0.25, 0.3) is 0 Å². The van der Waals surface area contributed by atoms with Gasteiger partial charge in [-0.05, 0) is 32.2 Å². The van der Waals surface area contributed by atoms with Crippen molar-refractivity contribution in [1.82, 2.24) is 20.3 Å². The maximum atomic E-state index is 4.23. The lowest BCUT2D eigenvalue weighted by Gasteiger charge is -2.32. The van der Waals surface area contributed by atoms with Crippen molar-refractivity contribution in [3.63, 3.8) is 0 Å². The lowest BCUT2D eigenvalue weighted by molar-refractivity contribution is 0.286. The molecular formula is C13H24N4. The van der Waals surface area contributed by atoms with Gasteiger partial charge in [0.15, 0.2) is 0 Å². The number of aromatic nitrogens is 3. The predicted octanol–water partition coefficient (Wildman–Crippen LogP) is 2.46. The molecule has 0 spiro atoms. The van der Waals surface area contributed by atoms with Gasteiger partial charge in [-0.15, -0.1) is 5.10 Å². The summed E-state index contributed by atoms with van der Waals surface area (Å²) in [5.41, 5.74) is 1.39. The van der Waals surface area contributed by atoms with Crippen molar-refractivity contribution in [3.05, 3.63) is 11.9 Å². The molecule has 2 heterocycles. The molecular weight excluding hydrogens is 212 g/mol. The van der Waals surface area contributed by atoms with Crippen molar-refractivity contribution in [3.8, 4) is 0 Å². The van der Waals surface area contributed by atoms with Gasteiger partial charge >= 0.3 is 0 Å². The Morgan fingerprint density at radius 1 is 1.35 bits per heavy atom. The fourth-order valence-corrected chi connectivity index (χ4v) is 2.85. The van der Waals surface area contributed by atoms with E-state index in [-0.39, 0.29) is 5.54 Å². The SMILES string of the molecule is CCCn1nncc1C1(CC)CCCCCN1. The molecule has 1 aliphatic rings. The third-order valence-corrected chi connectivity index (χ3v) is 3.89. The summed E-state index contributed by atoms with van der Waals surface area (Å²) < 4.78 is 2.09. The number of aryl methyl sites for hydroxylation is 1. The van der Waals surface area contributed by atoms with Crippen molar-refractivity contribution >= 4 is 0 Å². The molecule has 0 aromatic carbocycles. The van der Waals surface area contributed by atoms with E-state index in [0.29, 0.717) is 0 Å². The summed E-state index contributed by atoms with van der Waals surface area (Å²) in [5, 5.41) is 12.1. The van der Waals surface area contributed by atoms with Crippen LogP contribution in [-0.2, 0) is 12.1 Å². The Morgan fingerprint density at radius 2 is 2.24 bits per heavy atom. The van der Waals surface area contributed by atoms with Crippen LogP contribution in [0.5, 0.6) is 0 Å². The molecule has 17 heavy (non-hydrogen) atoms. The number of rotatable bonds is 4. The molecule has 0 saturated carbocycles. The molecule has 96 valence electrons. The van der Waals surface area contributed by atoms with Crippen LogP contribution < -0.4 is 5.32 Å². The van der Waals surface area contributed by atoms with E-state index in [9.17, 15) is 0 Å². The first-order valence-electron chi connectivity index (χ1n) is 6.96. The Bertz CT molecular complexity index is 337. The van der Waals surface area contributed by atoms with E-state index >= 15 is 0 Å². The van der Waals surface area contributed by atoms with E-state index in [4.69, 9.17) is 0 Å². The molecule has 1 aromatic heterocycles. The highest BCUT2D eigenvalue weighted by Gasteiger charge is 2.34. The van der Waals surface area contributed by atoms with Crippen LogP contribution in [0.4, 0.5) is 0 Å². The van der Waals surface area contributed by atoms with Gasteiger partial charge in [0, 0.05) is 6.54 Å². The molecule has 0 radical (unpaired) electrons. The van der Waals surface area contributed by atoms with Crippen LogP contribution >= 0.6 is 0 Å². The van der Waals surface area contributed by atoms with Gasteiger partial charge in [-0.1, -0.05) is 31.9 Å². The van der Waals surface area contributed by atoms with E-state index in [1.807, 2.05) is 6.20 Å². The van der Waals surface area contributed by atoms with Gasteiger partial charge in [-0.2, -0.15) is 0 Å². The van der Waals surface area contributed by atoms with E-state index in [2.05, 4.69) is 34.2 Å². The molecule has 2 rings (SSSR count). The Morgan fingerprint density at radius 3 is 3.00 bits per heavy atom. The molecule has 1 unspecified atom stereocenters. The summed E-state index contributed by atoms with van der Waals surface area (Å²) in [4.78, 5) is 0. The van der Waals surface area contributed by atoms with E-state index in [0.717, 1.165) is 25.9 Å². The monoisotopic (exact) mass is 236 g/mol. The largest absolute Gasteiger partial charge is 0.306 e. The maximum absolute atomic E-state index is 4.23. The molecule has 1 aromatic rings. The predicted molar refractivity (Wildman–Crippen MR) is 68.8 cm³/mol. The molecule has 1 N–H and O–H groups in total. The summed E-state index contributed by atoms with van der Waals surface area (Å²) in [5.74, 6) is 0. The lowest BCUT2D eigenvalue weighted by Crippen LogP contribution is -2.43. The Balaban J connectivity index is 2.28. The number of hydrogen-bond donors (Lipinski definition) is 1. The Kier molecular flexibility index (Phi) is 4.15. The van der Waals surface area contributed by atoms with Gasteiger partial charge in [0.2, 0.25) is 0 Å². The minimum absolute atomic E-state index is 0.106. The topological polar surface area (TPSA) is 42.7 Å². The molecule has 1 fully saturated rings. The quantitative estimate of drug-likeness (QED) is 0.873. The Hall–Kier alpha value is -0.900. The van der Waals surface area contributed by atoms with Crippen molar-refractivity contribution in [2.75, 3.05) is 6.54 Å². The summed E-state index contributed by atoms with van der Waals surface area (Å²) in [6, 6.07) is 0. The highest BCUT2D eigenvalue weighted by Crippen LogP contribution is 2.32. The first kappa shape index (κ1) is 12.6.